The monoisotopic (exact) mass is 314 g/mol. The van der Waals surface area contributed by atoms with Gasteiger partial charge in [0.15, 0.2) is 10.9 Å². The fourth-order valence-corrected chi connectivity index (χ4v) is 4.07. The Balaban J connectivity index is 2.26. The van der Waals surface area contributed by atoms with Crippen molar-refractivity contribution in [3.05, 3.63) is 83.6 Å². The van der Waals surface area contributed by atoms with Crippen molar-refractivity contribution < 1.29 is 9.59 Å². The Kier molecular flexibility index (Phi) is 2.35. The third kappa shape index (κ3) is 1.43. The molecule has 0 heterocycles. The lowest BCUT2D eigenvalue weighted by Gasteiger charge is -2.21. The van der Waals surface area contributed by atoms with Gasteiger partial charge in [-0.2, -0.15) is 0 Å². The van der Waals surface area contributed by atoms with Crippen molar-refractivity contribution in [3.8, 4) is 0 Å². The number of Topliss-reactive ketones (excluding diaryl/α,β-unsaturated/α-hetero) is 2. The van der Waals surface area contributed by atoms with Crippen molar-refractivity contribution in [2.45, 2.75) is 12.8 Å². The van der Waals surface area contributed by atoms with Gasteiger partial charge < -0.3 is 0 Å². The van der Waals surface area contributed by atoms with Gasteiger partial charge in [0.05, 0.1) is 5.22 Å². The molecule has 0 aliphatic heterocycles. The van der Waals surface area contributed by atoms with Crippen LogP contribution in [0.3, 0.4) is 0 Å². The number of rotatable bonds is 0. The smallest absolute Gasteiger partial charge is 0.229 e. The lowest BCUT2D eigenvalue weighted by Crippen LogP contribution is -2.35. The molecule has 1 aromatic rings. The SMILES string of the molecule is O=C1Cc2c3c(c4ccc(=O)c5c(=O)ccc2c4=5)CC=CC=3C1=O. The molecule has 114 valence electrons. The fourth-order valence-electron chi connectivity index (χ4n) is 4.07. The number of carbonyl (C=O) groups is 2. The van der Waals surface area contributed by atoms with E-state index in [1.807, 2.05) is 6.08 Å². The first-order chi connectivity index (χ1) is 11.6. The molecule has 5 rings (SSSR count). The molecule has 0 aromatic heterocycles. The predicted octanol–water partition coefficient (Wildman–Crippen LogP) is 0.399. The number of hydrogen-bond acceptors (Lipinski definition) is 4. The summed E-state index contributed by atoms with van der Waals surface area (Å²) in [6.07, 6.45) is 4.19. The first-order valence-corrected chi connectivity index (χ1v) is 7.73. The topological polar surface area (TPSA) is 68.3 Å². The minimum Gasteiger partial charge on any atom is -0.290 e. The van der Waals surface area contributed by atoms with E-state index in [4.69, 9.17) is 0 Å². The van der Waals surface area contributed by atoms with Crippen LogP contribution in [0.25, 0.3) is 16.3 Å². The molecule has 0 saturated carbocycles. The Morgan fingerprint density at radius 3 is 2.08 bits per heavy atom. The van der Waals surface area contributed by atoms with Crippen molar-refractivity contribution in [2.24, 2.45) is 0 Å². The second-order valence-corrected chi connectivity index (χ2v) is 6.25. The molecule has 4 aliphatic rings. The molecule has 0 radical (unpaired) electrons. The summed E-state index contributed by atoms with van der Waals surface area (Å²) >= 11 is 0. The Labute approximate surface area is 134 Å². The van der Waals surface area contributed by atoms with Gasteiger partial charge in [-0.05, 0) is 45.7 Å². The number of fused-ring (bicyclic) bond motifs is 2. The zero-order valence-corrected chi connectivity index (χ0v) is 12.5. The average Bonchev–Trinajstić information content (AvgIpc) is 2.58. The van der Waals surface area contributed by atoms with Crippen molar-refractivity contribution in [3.63, 3.8) is 0 Å². The Morgan fingerprint density at radius 1 is 0.708 bits per heavy atom. The van der Waals surface area contributed by atoms with Gasteiger partial charge in [0.25, 0.3) is 0 Å². The van der Waals surface area contributed by atoms with E-state index >= 15 is 0 Å². The summed E-state index contributed by atoms with van der Waals surface area (Å²) in [4.78, 5) is 48.9. The van der Waals surface area contributed by atoms with Gasteiger partial charge in [-0.3, -0.25) is 19.2 Å². The van der Waals surface area contributed by atoms with E-state index < -0.39 is 11.6 Å². The maximum absolute atomic E-state index is 12.3. The first kappa shape index (κ1) is 13.3. The zero-order valence-electron chi connectivity index (χ0n) is 12.5. The highest BCUT2D eigenvalue weighted by molar-refractivity contribution is 6.54. The zero-order chi connectivity index (χ0) is 16.6. The highest BCUT2D eigenvalue weighted by Crippen LogP contribution is 2.26. The van der Waals surface area contributed by atoms with E-state index in [-0.39, 0.29) is 22.5 Å². The molecule has 0 spiro atoms. The molecule has 4 nitrogen and oxygen atoms in total. The number of ketones is 2. The molecule has 4 aliphatic carbocycles. The van der Waals surface area contributed by atoms with E-state index in [1.165, 1.54) is 12.1 Å². The summed E-state index contributed by atoms with van der Waals surface area (Å²) in [6, 6.07) is 6.19. The van der Waals surface area contributed by atoms with Gasteiger partial charge in [-0.1, -0.05) is 24.3 Å². The summed E-state index contributed by atoms with van der Waals surface area (Å²) in [7, 11) is 0. The van der Waals surface area contributed by atoms with Crippen molar-refractivity contribution in [2.75, 3.05) is 0 Å². The summed E-state index contributed by atoms with van der Waals surface area (Å²) in [6.45, 7) is 0. The van der Waals surface area contributed by atoms with Crippen LogP contribution in [0, 0.1) is 10.4 Å². The minimum absolute atomic E-state index is 0.0187. The van der Waals surface area contributed by atoms with Gasteiger partial charge >= 0.3 is 0 Å². The van der Waals surface area contributed by atoms with E-state index in [0.717, 1.165) is 27.1 Å². The van der Waals surface area contributed by atoms with Crippen LogP contribution in [0.5, 0.6) is 0 Å². The van der Waals surface area contributed by atoms with Crippen LogP contribution in [0.2, 0.25) is 0 Å². The number of benzene rings is 1. The molecule has 1 aromatic carbocycles. The van der Waals surface area contributed by atoms with Crippen LogP contribution in [0.1, 0.15) is 11.1 Å². The van der Waals surface area contributed by atoms with Gasteiger partial charge in [-0.25, -0.2) is 0 Å². The predicted molar refractivity (Wildman–Crippen MR) is 88.2 cm³/mol. The van der Waals surface area contributed by atoms with E-state index in [1.54, 1.807) is 18.2 Å². The summed E-state index contributed by atoms with van der Waals surface area (Å²) < 4.78 is 0. The minimum atomic E-state index is -0.456. The van der Waals surface area contributed by atoms with E-state index in [2.05, 4.69) is 0 Å². The van der Waals surface area contributed by atoms with Crippen LogP contribution < -0.4 is 16.1 Å². The van der Waals surface area contributed by atoms with Crippen molar-refractivity contribution in [1.29, 1.82) is 0 Å². The second-order valence-electron chi connectivity index (χ2n) is 6.25. The molecule has 0 atom stereocenters. The van der Waals surface area contributed by atoms with Crippen LogP contribution in [-0.4, -0.2) is 11.6 Å². The number of carbonyl (C=O) groups excluding carboxylic acids is 2. The van der Waals surface area contributed by atoms with E-state index in [0.29, 0.717) is 17.2 Å². The average molecular weight is 314 g/mol. The number of hydrogen-bond donors (Lipinski definition) is 0. The van der Waals surface area contributed by atoms with Gasteiger partial charge in [0.1, 0.15) is 0 Å². The van der Waals surface area contributed by atoms with E-state index in [9.17, 15) is 19.2 Å². The largest absolute Gasteiger partial charge is 0.290 e. The standard InChI is InChI=1S/C20H10O4/c21-14-6-4-10-9-2-1-3-12-17(9)13(8-16(23)20(12)24)11-5-7-15(22)19(14)18(10)11/h1,3-7H,2,8H2. The summed E-state index contributed by atoms with van der Waals surface area (Å²) in [5, 5.41) is 3.16. The number of allylic oxidation sites excluding steroid dienone is 2. The third-order valence-corrected chi connectivity index (χ3v) is 5.05. The molecule has 0 bridgehead atoms. The molecule has 4 heteroatoms. The molecule has 0 amide bonds. The molecule has 24 heavy (non-hydrogen) atoms. The van der Waals surface area contributed by atoms with Gasteiger partial charge in [0, 0.05) is 17.2 Å². The van der Waals surface area contributed by atoms with Crippen LogP contribution in [-0.2, 0) is 22.4 Å². The van der Waals surface area contributed by atoms with Crippen LogP contribution in [0.15, 0.2) is 46.0 Å². The Bertz CT molecular complexity index is 1350. The molecule has 0 N–H and O–H groups in total. The maximum atomic E-state index is 12.3. The second kappa shape index (κ2) is 4.23. The van der Waals surface area contributed by atoms with Crippen LogP contribution in [0.4, 0.5) is 0 Å². The highest BCUT2D eigenvalue weighted by Gasteiger charge is 2.29. The molecular formula is C20H10O4. The normalized spacial score (nSPS) is 16.2. The summed E-state index contributed by atoms with van der Waals surface area (Å²) in [5.41, 5.74) is 1.50. The fraction of sp³-hybridized carbons (Fsp3) is 0.100. The molecule has 0 saturated heterocycles. The first-order valence-electron chi connectivity index (χ1n) is 7.73. The van der Waals surface area contributed by atoms with Crippen molar-refractivity contribution in [1.82, 2.24) is 0 Å². The summed E-state index contributed by atoms with van der Waals surface area (Å²) in [5.74, 6) is -0.904. The lowest BCUT2D eigenvalue weighted by molar-refractivity contribution is -0.133. The molecular weight excluding hydrogens is 304 g/mol. The highest BCUT2D eigenvalue weighted by atomic mass is 16.2. The Morgan fingerprint density at radius 2 is 1.38 bits per heavy atom. The third-order valence-electron chi connectivity index (χ3n) is 5.05. The quantitative estimate of drug-likeness (QED) is 0.563. The molecule has 0 fully saturated rings. The lowest BCUT2D eigenvalue weighted by atomic mass is 9.80. The van der Waals surface area contributed by atoms with Gasteiger partial charge in [0.2, 0.25) is 11.6 Å². The van der Waals surface area contributed by atoms with Crippen LogP contribution >= 0.6 is 0 Å². The van der Waals surface area contributed by atoms with Gasteiger partial charge in [-0.15, -0.1) is 0 Å². The molecule has 0 unspecified atom stereocenters. The maximum Gasteiger partial charge on any atom is 0.229 e. The Hall–Kier alpha value is -3.14. The van der Waals surface area contributed by atoms with Crippen molar-refractivity contribution >= 4 is 27.9 Å².